The average Bonchev–Trinajstić information content (AvgIpc) is 2.81. The lowest BCUT2D eigenvalue weighted by Crippen LogP contribution is -2.51. The molecule has 0 saturated heterocycles. The van der Waals surface area contributed by atoms with Gasteiger partial charge in [-0.15, -0.1) is 0 Å². The van der Waals surface area contributed by atoms with Gasteiger partial charge in [0.25, 0.3) is 5.91 Å². The van der Waals surface area contributed by atoms with E-state index in [1.165, 1.54) is 38.5 Å². The maximum atomic E-state index is 12.4. The summed E-state index contributed by atoms with van der Waals surface area (Å²) in [5, 5.41) is 7.12. The number of amides is 1. The lowest BCUT2D eigenvalue weighted by atomic mass is 9.49. The molecule has 0 aliphatic heterocycles. The number of hydrogen-bond acceptors (Lipinski definition) is 5. The molecule has 1 amide bonds. The van der Waals surface area contributed by atoms with Gasteiger partial charge >= 0.3 is 0 Å². The van der Waals surface area contributed by atoms with Crippen molar-refractivity contribution in [3.8, 4) is 0 Å². The van der Waals surface area contributed by atoms with Crippen molar-refractivity contribution in [1.82, 2.24) is 15.2 Å². The smallest absolute Gasteiger partial charge is 0.279 e. The fourth-order valence-corrected chi connectivity index (χ4v) is 5.58. The quantitative estimate of drug-likeness (QED) is 0.919. The number of anilines is 1. The lowest BCUT2D eigenvalue weighted by Gasteiger charge is -2.57. The number of carbonyl (C=O) groups is 1. The first-order chi connectivity index (χ1) is 10.0. The van der Waals surface area contributed by atoms with Gasteiger partial charge in [0.15, 0.2) is 0 Å². The van der Waals surface area contributed by atoms with Gasteiger partial charge in [0.05, 0.1) is 0 Å². The Balaban J connectivity index is 1.51. The van der Waals surface area contributed by atoms with E-state index in [1.807, 2.05) is 7.05 Å². The third kappa shape index (κ3) is 2.12. The van der Waals surface area contributed by atoms with E-state index in [1.54, 1.807) is 4.90 Å². The van der Waals surface area contributed by atoms with Crippen LogP contribution in [0, 0.1) is 23.2 Å². The number of nitrogens with two attached hydrogens (primary N) is 1. The minimum Gasteiger partial charge on any atom is -0.379 e. The maximum Gasteiger partial charge on any atom is 0.279 e. The molecular weight excluding hydrogens is 268 g/mol. The first-order valence-electron chi connectivity index (χ1n) is 7.88. The third-order valence-electron chi connectivity index (χ3n) is 5.80. The molecule has 5 rings (SSSR count). The highest BCUT2D eigenvalue weighted by atomic mass is 16.6. The predicted octanol–water partition coefficient (Wildman–Crippen LogP) is 1.94. The molecule has 21 heavy (non-hydrogen) atoms. The molecule has 1 aromatic heterocycles. The lowest BCUT2D eigenvalue weighted by molar-refractivity contribution is -0.0629. The topological polar surface area (TPSA) is 85.2 Å². The van der Waals surface area contributed by atoms with Crippen LogP contribution in [-0.2, 0) is 0 Å². The predicted molar refractivity (Wildman–Crippen MR) is 76.3 cm³/mol. The van der Waals surface area contributed by atoms with Crippen LogP contribution in [0.5, 0.6) is 0 Å². The van der Waals surface area contributed by atoms with E-state index >= 15 is 0 Å². The number of nitrogens with zero attached hydrogens (tertiary/aromatic N) is 3. The molecule has 0 aromatic carbocycles. The van der Waals surface area contributed by atoms with Crippen LogP contribution in [0.4, 0.5) is 5.82 Å². The Hall–Kier alpha value is -1.59. The van der Waals surface area contributed by atoms with E-state index in [4.69, 9.17) is 5.73 Å². The monoisotopic (exact) mass is 290 g/mol. The molecule has 4 aliphatic rings. The molecule has 4 saturated carbocycles. The zero-order chi connectivity index (χ0) is 14.6. The van der Waals surface area contributed by atoms with Gasteiger partial charge in [0, 0.05) is 13.6 Å². The summed E-state index contributed by atoms with van der Waals surface area (Å²) >= 11 is 0. The maximum absolute atomic E-state index is 12.4. The van der Waals surface area contributed by atoms with Crippen LogP contribution in [0.15, 0.2) is 4.63 Å². The molecule has 114 valence electrons. The Kier molecular flexibility index (Phi) is 2.78. The van der Waals surface area contributed by atoms with Crippen LogP contribution >= 0.6 is 0 Å². The Labute approximate surface area is 124 Å². The Morgan fingerprint density at radius 1 is 1.24 bits per heavy atom. The summed E-state index contributed by atoms with van der Waals surface area (Å²) in [6, 6.07) is 0. The zero-order valence-corrected chi connectivity index (χ0v) is 12.4. The molecule has 2 N–H and O–H groups in total. The summed E-state index contributed by atoms with van der Waals surface area (Å²) < 4.78 is 4.54. The number of nitrogen functional groups attached to an aromatic ring is 1. The van der Waals surface area contributed by atoms with Gasteiger partial charge in [0.1, 0.15) is 0 Å². The molecule has 1 aromatic rings. The van der Waals surface area contributed by atoms with Gasteiger partial charge in [-0.2, -0.15) is 0 Å². The molecule has 0 atom stereocenters. The molecule has 6 nitrogen and oxygen atoms in total. The molecule has 4 fully saturated rings. The number of aromatic nitrogens is 2. The second-order valence-electron chi connectivity index (χ2n) is 7.58. The van der Waals surface area contributed by atoms with E-state index in [2.05, 4.69) is 14.9 Å². The van der Waals surface area contributed by atoms with Crippen molar-refractivity contribution in [3.05, 3.63) is 5.69 Å². The second-order valence-corrected chi connectivity index (χ2v) is 7.58. The number of rotatable bonds is 3. The summed E-state index contributed by atoms with van der Waals surface area (Å²) in [6.45, 7) is 0.807. The standard InChI is InChI=1S/C15H22N4O2/c1-19(14(20)12-13(16)18-21-17-12)8-15-5-9-2-10(6-15)4-11(3-9)7-15/h9-11H,2-8H2,1H3,(H2,16,18). The molecular formula is C15H22N4O2. The van der Waals surface area contributed by atoms with Gasteiger partial charge in [-0.05, 0) is 72.0 Å². The van der Waals surface area contributed by atoms with Crippen molar-refractivity contribution in [2.45, 2.75) is 38.5 Å². The van der Waals surface area contributed by atoms with E-state index in [0.29, 0.717) is 5.41 Å². The van der Waals surface area contributed by atoms with Crippen LogP contribution in [0.2, 0.25) is 0 Å². The Bertz CT molecular complexity index is 532. The summed E-state index contributed by atoms with van der Waals surface area (Å²) in [4.78, 5) is 14.2. The molecule has 0 radical (unpaired) electrons. The summed E-state index contributed by atoms with van der Waals surface area (Å²) in [5.41, 5.74) is 6.09. The molecule has 4 bridgehead atoms. The van der Waals surface area contributed by atoms with E-state index in [-0.39, 0.29) is 17.4 Å². The third-order valence-corrected chi connectivity index (χ3v) is 5.80. The first-order valence-corrected chi connectivity index (χ1v) is 7.88. The minimum absolute atomic E-state index is 0.0809. The van der Waals surface area contributed by atoms with E-state index in [0.717, 1.165) is 24.3 Å². The highest BCUT2D eigenvalue weighted by Crippen LogP contribution is 2.60. The van der Waals surface area contributed by atoms with E-state index < -0.39 is 0 Å². The highest BCUT2D eigenvalue weighted by Gasteiger charge is 2.51. The van der Waals surface area contributed by atoms with Gasteiger partial charge < -0.3 is 10.6 Å². The Morgan fingerprint density at radius 3 is 2.29 bits per heavy atom. The SMILES string of the molecule is CN(CC12CC3CC(CC(C3)C1)C2)C(=O)c1nonc1N. The van der Waals surface area contributed by atoms with Crippen molar-refractivity contribution in [1.29, 1.82) is 0 Å². The van der Waals surface area contributed by atoms with E-state index in [9.17, 15) is 4.79 Å². The average molecular weight is 290 g/mol. The summed E-state index contributed by atoms with van der Waals surface area (Å²) in [7, 11) is 1.84. The fraction of sp³-hybridized carbons (Fsp3) is 0.800. The van der Waals surface area contributed by atoms with Crippen molar-refractivity contribution in [2.24, 2.45) is 23.2 Å². The van der Waals surface area contributed by atoms with Crippen molar-refractivity contribution in [2.75, 3.05) is 19.3 Å². The first kappa shape index (κ1) is 13.1. The molecule has 1 heterocycles. The zero-order valence-electron chi connectivity index (χ0n) is 12.4. The summed E-state index contributed by atoms with van der Waals surface area (Å²) in [5.74, 6) is 2.57. The Morgan fingerprint density at radius 2 is 1.81 bits per heavy atom. The van der Waals surface area contributed by atoms with Gasteiger partial charge in [0.2, 0.25) is 11.5 Å². The van der Waals surface area contributed by atoms with Crippen LogP contribution in [0.25, 0.3) is 0 Å². The summed E-state index contributed by atoms with van der Waals surface area (Å²) in [6.07, 6.45) is 8.08. The number of hydrogen-bond donors (Lipinski definition) is 1. The minimum atomic E-state index is -0.176. The van der Waals surface area contributed by atoms with Crippen molar-refractivity contribution in [3.63, 3.8) is 0 Å². The molecule has 4 aliphatic carbocycles. The van der Waals surface area contributed by atoms with Crippen LogP contribution in [-0.4, -0.2) is 34.7 Å². The van der Waals surface area contributed by atoms with Gasteiger partial charge in [-0.3, -0.25) is 4.79 Å². The highest BCUT2D eigenvalue weighted by molar-refractivity contribution is 5.95. The second kappa shape index (κ2) is 4.45. The largest absolute Gasteiger partial charge is 0.379 e. The van der Waals surface area contributed by atoms with Crippen molar-refractivity contribution >= 4 is 11.7 Å². The van der Waals surface area contributed by atoms with Crippen LogP contribution in [0.3, 0.4) is 0 Å². The van der Waals surface area contributed by atoms with Crippen LogP contribution < -0.4 is 5.73 Å². The molecule has 6 heteroatoms. The molecule has 0 unspecified atom stereocenters. The van der Waals surface area contributed by atoms with Crippen LogP contribution in [0.1, 0.15) is 49.0 Å². The molecule has 0 spiro atoms. The number of carbonyl (C=O) groups excluding carboxylic acids is 1. The van der Waals surface area contributed by atoms with Gasteiger partial charge in [-0.1, -0.05) is 0 Å². The van der Waals surface area contributed by atoms with Gasteiger partial charge in [-0.25, -0.2) is 4.63 Å². The normalized spacial score (nSPS) is 36.9. The van der Waals surface area contributed by atoms with Crippen molar-refractivity contribution < 1.29 is 9.42 Å². The fourth-order valence-electron chi connectivity index (χ4n) is 5.58.